The average Bonchev–Trinajstić information content (AvgIpc) is 3.27. The van der Waals surface area contributed by atoms with Crippen molar-refractivity contribution in [1.29, 1.82) is 0 Å². The Morgan fingerprint density at radius 1 is 1.09 bits per heavy atom. The number of nitrogens with zero attached hydrogens (tertiary/aromatic N) is 1. The summed E-state index contributed by atoms with van der Waals surface area (Å²) in [4.78, 5) is 25.5. The lowest BCUT2D eigenvalue weighted by Gasteiger charge is -2.26. The summed E-state index contributed by atoms with van der Waals surface area (Å²) >= 11 is 3.50. The Hall–Kier alpha value is -3.23. The van der Waals surface area contributed by atoms with Crippen LogP contribution in [0.4, 0.5) is 5.69 Å². The van der Waals surface area contributed by atoms with Gasteiger partial charge in [-0.1, -0.05) is 64.5 Å². The molecule has 33 heavy (non-hydrogen) atoms. The number of carbonyl (C=O) groups is 1. The molecule has 0 radical (unpaired) electrons. The molecule has 3 aromatic carbocycles. The molecule has 168 valence electrons. The number of hydrogen-bond acceptors (Lipinski definition) is 5. The quantitative estimate of drug-likeness (QED) is 0.388. The summed E-state index contributed by atoms with van der Waals surface area (Å²) in [7, 11) is 0. The van der Waals surface area contributed by atoms with Gasteiger partial charge in [0.25, 0.3) is 11.9 Å². The van der Waals surface area contributed by atoms with Gasteiger partial charge in [0.2, 0.25) is 0 Å². The van der Waals surface area contributed by atoms with Gasteiger partial charge in [0, 0.05) is 32.3 Å². The van der Waals surface area contributed by atoms with Gasteiger partial charge in [0.1, 0.15) is 12.4 Å². The van der Waals surface area contributed by atoms with E-state index in [2.05, 4.69) is 26.6 Å². The number of carbonyl (C=O) groups excluding carboxylic acids is 1. The number of nitrogens with one attached hydrogen (secondary N) is 2. The molecule has 0 aromatic heterocycles. The number of fused-ring (bicyclic) bond motifs is 2. The van der Waals surface area contributed by atoms with Crippen molar-refractivity contribution in [3.8, 4) is 5.75 Å². The number of amides is 1. The molecule has 1 amide bonds. The van der Waals surface area contributed by atoms with E-state index >= 15 is 0 Å². The van der Waals surface area contributed by atoms with Gasteiger partial charge in [-0.15, -0.1) is 0 Å². The Kier molecular flexibility index (Phi) is 5.42. The monoisotopic (exact) mass is 507 g/mol. The number of hydrogen-bond donors (Lipinski definition) is 2. The first-order valence-electron chi connectivity index (χ1n) is 10.7. The second kappa shape index (κ2) is 8.28. The van der Waals surface area contributed by atoms with E-state index in [0.717, 1.165) is 10.0 Å². The Morgan fingerprint density at radius 3 is 2.58 bits per heavy atom. The number of halogens is 1. The molecule has 0 unspecified atom stereocenters. The fraction of sp³-hybridized carbons (Fsp3) is 0.240. The Morgan fingerprint density at radius 2 is 1.82 bits per heavy atom. The van der Waals surface area contributed by atoms with E-state index in [1.807, 2.05) is 55.5 Å². The van der Waals surface area contributed by atoms with E-state index in [1.54, 1.807) is 24.3 Å². The lowest BCUT2D eigenvalue weighted by molar-refractivity contribution is -0.532. The van der Waals surface area contributed by atoms with Crippen LogP contribution in [-0.4, -0.2) is 22.9 Å². The molecule has 1 fully saturated rings. The predicted octanol–water partition coefficient (Wildman–Crippen LogP) is 4.60. The van der Waals surface area contributed by atoms with Gasteiger partial charge in [-0.05, 0) is 36.8 Å². The molecule has 2 aliphatic rings. The molecule has 1 saturated heterocycles. The van der Waals surface area contributed by atoms with Crippen molar-refractivity contribution >= 4 is 27.5 Å². The highest BCUT2D eigenvalue weighted by molar-refractivity contribution is 9.10. The molecule has 2 aliphatic heterocycles. The van der Waals surface area contributed by atoms with E-state index in [1.165, 1.54) is 0 Å². The number of anilines is 1. The average molecular weight is 508 g/mol. The van der Waals surface area contributed by atoms with Crippen LogP contribution in [-0.2, 0) is 16.9 Å². The summed E-state index contributed by atoms with van der Waals surface area (Å²) < 4.78 is 6.93. The van der Waals surface area contributed by atoms with Crippen molar-refractivity contribution in [1.82, 2.24) is 5.32 Å². The zero-order valence-corrected chi connectivity index (χ0v) is 19.4. The third-order valence-corrected chi connectivity index (χ3v) is 7.02. The van der Waals surface area contributed by atoms with Crippen LogP contribution in [0.25, 0.3) is 0 Å². The smallest absolute Gasteiger partial charge is 0.256 e. The first-order valence-corrected chi connectivity index (χ1v) is 11.5. The lowest BCUT2D eigenvalue weighted by Crippen LogP contribution is -2.54. The normalized spacial score (nSPS) is 25.6. The largest absolute Gasteiger partial charge is 0.489 e. The zero-order valence-electron chi connectivity index (χ0n) is 17.8. The predicted molar refractivity (Wildman–Crippen MR) is 128 cm³/mol. The number of ether oxygens (including phenoxy) is 1. The van der Waals surface area contributed by atoms with Crippen molar-refractivity contribution in [2.45, 2.75) is 37.1 Å². The molecule has 4 atom stereocenters. The molecule has 0 bridgehead atoms. The van der Waals surface area contributed by atoms with Gasteiger partial charge < -0.3 is 10.1 Å². The standard InChI is InChI=1S/C25H22BrN3O4/c1-15-22(18-13-17(26)11-12-21(18)33-14-16-7-3-2-4-8-16)23(29(31)32)25(28-15)19-9-5-6-10-20(19)27-24(25)30/h2-13,15,22-23,28H,14H2,1H3,(H,27,30)/t15-,22+,23+,25-/m0/s1. The molecular weight excluding hydrogens is 486 g/mol. The second-order valence-corrected chi connectivity index (χ2v) is 9.37. The molecule has 2 heterocycles. The maximum atomic E-state index is 13.2. The maximum Gasteiger partial charge on any atom is 0.256 e. The Balaban J connectivity index is 1.59. The highest BCUT2D eigenvalue weighted by atomic mass is 79.9. The molecule has 7 nitrogen and oxygen atoms in total. The van der Waals surface area contributed by atoms with E-state index in [0.29, 0.717) is 29.2 Å². The van der Waals surface area contributed by atoms with Crippen LogP contribution in [0.1, 0.15) is 29.5 Å². The summed E-state index contributed by atoms with van der Waals surface area (Å²) in [6.07, 6.45) is 0. The van der Waals surface area contributed by atoms with Gasteiger partial charge in [0.05, 0.1) is 5.92 Å². The minimum Gasteiger partial charge on any atom is -0.489 e. The topological polar surface area (TPSA) is 93.5 Å². The van der Waals surface area contributed by atoms with E-state index in [4.69, 9.17) is 4.74 Å². The molecule has 3 aromatic rings. The zero-order chi connectivity index (χ0) is 23.2. The molecule has 2 N–H and O–H groups in total. The van der Waals surface area contributed by atoms with E-state index in [-0.39, 0.29) is 11.0 Å². The van der Waals surface area contributed by atoms with Crippen molar-refractivity contribution in [3.05, 3.63) is 104 Å². The molecule has 0 saturated carbocycles. The molecule has 0 aliphatic carbocycles. The van der Waals surface area contributed by atoms with Crippen LogP contribution < -0.4 is 15.4 Å². The summed E-state index contributed by atoms with van der Waals surface area (Å²) in [5.41, 5.74) is 1.44. The summed E-state index contributed by atoms with van der Waals surface area (Å²) in [5, 5.41) is 18.7. The molecule has 5 rings (SSSR count). The van der Waals surface area contributed by atoms with Gasteiger partial charge in [-0.3, -0.25) is 20.2 Å². The van der Waals surface area contributed by atoms with Crippen LogP contribution in [0.2, 0.25) is 0 Å². The maximum absolute atomic E-state index is 13.2. The fourth-order valence-corrected chi connectivity index (χ4v) is 5.55. The van der Waals surface area contributed by atoms with Gasteiger partial charge >= 0.3 is 0 Å². The molecular formula is C25H22BrN3O4. The first-order chi connectivity index (χ1) is 15.9. The number of rotatable bonds is 5. The summed E-state index contributed by atoms with van der Waals surface area (Å²) in [6.45, 7) is 2.22. The molecule has 8 heteroatoms. The van der Waals surface area contributed by atoms with Crippen LogP contribution >= 0.6 is 15.9 Å². The highest BCUT2D eigenvalue weighted by Gasteiger charge is 2.68. The lowest BCUT2D eigenvalue weighted by atomic mass is 9.78. The van der Waals surface area contributed by atoms with Crippen molar-refractivity contribution in [2.24, 2.45) is 0 Å². The third-order valence-electron chi connectivity index (χ3n) is 6.53. The minimum atomic E-state index is -1.46. The summed E-state index contributed by atoms with van der Waals surface area (Å²) in [5.74, 6) is -0.432. The SMILES string of the molecule is C[C@@H]1N[C@]2(C(=O)Nc3ccccc32)[C@H]([N+](=O)[O-])[C@H]1c1cc(Br)ccc1OCc1ccccc1. The van der Waals surface area contributed by atoms with Crippen LogP contribution in [0.15, 0.2) is 77.3 Å². The van der Waals surface area contributed by atoms with Crippen molar-refractivity contribution < 1.29 is 14.5 Å². The summed E-state index contributed by atoms with van der Waals surface area (Å²) in [6, 6.07) is 20.8. The Bertz CT molecular complexity index is 1240. The fourth-order valence-electron chi connectivity index (χ4n) is 5.17. The van der Waals surface area contributed by atoms with Crippen LogP contribution in [0, 0.1) is 10.1 Å². The second-order valence-electron chi connectivity index (χ2n) is 8.45. The first kappa shape index (κ1) is 21.6. The van der Waals surface area contributed by atoms with Crippen molar-refractivity contribution in [3.63, 3.8) is 0 Å². The van der Waals surface area contributed by atoms with E-state index < -0.39 is 23.4 Å². The van der Waals surface area contributed by atoms with Gasteiger partial charge in [0.15, 0.2) is 5.54 Å². The van der Waals surface area contributed by atoms with Crippen molar-refractivity contribution in [2.75, 3.05) is 5.32 Å². The van der Waals surface area contributed by atoms with Crippen LogP contribution in [0.5, 0.6) is 5.75 Å². The number of para-hydroxylation sites is 1. The van der Waals surface area contributed by atoms with Gasteiger partial charge in [-0.25, -0.2) is 0 Å². The highest BCUT2D eigenvalue weighted by Crippen LogP contribution is 2.51. The minimum absolute atomic E-state index is 0.329. The van der Waals surface area contributed by atoms with Gasteiger partial charge in [-0.2, -0.15) is 0 Å². The van der Waals surface area contributed by atoms with Crippen LogP contribution in [0.3, 0.4) is 0 Å². The molecule has 1 spiro atoms. The van der Waals surface area contributed by atoms with E-state index in [9.17, 15) is 14.9 Å². The number of nitro groups is 1. The number of benzene rings is 3. The Labute approximate surface area is 199 Å². The third kappa shape index (κ3) is 3.50.